The highest BCUT2D eigenvalue weighted by molar-refractivity contribution is 6.10. The molecule has 60 heavy (non-hydrogen) atoms. The van der Waals surface area contributed by atoms with Gasteiger partial charge in [0.1, 0.15) is 0 Å². The second kappa shape index (κ2) is 15.1. The molecule has 0 aliphatic heterocycles. The van der Waals surface area contributed by atoms with Gasteiger partial charge >= 0.3 is 0 Å². The van der Waals surface area contributed by atoms with E-state index < -0.39 is 0 Å². The predicted octanol–water partition coefficient (Wildman–Crippen LogP) is 16.1. The molecule has 0 bridgehead atoms. The fraction of sp³-hybridized carbons (Fsp3) is 0. The number of anilines is 3. The number of para-hydroxylation sites is 2. The molecule has 0 fully saturated rings. The van der Waals surface area contributed by atoms with Crippen molar-refractivity contribution in [3.05, 3.63) is 243 Å². The predicted molar refractivity (Wildman–Crippen MR) is 255 cm³/mol. The summed E-state index contributed by atoms with van der Waals surface area (Å²) in [7, 11) is 0. The maximum atomic E-state index is 2.42. The van der Waals surface area contributed by atoms with Crippen LogP contribution in [0.4, 0.5) is 17.1 Å². The minimum atomic E-state index is 1.09. The summed E-state index contributed by atoms with van der Waals surface area (Å²) in [5, 5.41) is 4.93. The van der Waals surface area contributed by atoms with Crippen LogP contribution in [0.25, 0.3) is 82.8 Å². The van der Waals surface area contributed by atoms with Crippen molar-refractivity contribution in [2.45, 2.75) is 0 Å². The molecule has 0 saturated heterocycles. The van der Waals surface area contributed by atoms with Crippen LogP contribution in [0.3, 0.4) is 0 Å². The first-order valence-electron chi connectivity index (χ1n) is 20.6. The van der Waals surface area contributed by atoms with E-state index in [0.717, 1.165) is 33.8 Å². The molecule has 0 radical (unpaired) electrons. The van der Waals surface area contributed by atoms with E-state index in [1.165, 1.54) is 66.0 Å². The lowest BCUT2D eigenvalue weighted by atomic mass is 9.94. The Morgan fingerprint density at radius 2 is 0.817 bits per heavy atom. The second-order valence-electron chi connectivity index (χ2n) is 15.3. The van der Waals surface area contributed by atoms with E-state index in [4.69, 9.17) is 0 Å². The van der Waals surface area contributed by atoms with E-state index in [2.05, 4.69) is 252 Å². The quantitative estimate of drug-likeness (QED) is 0.150. The topological polar surface area (TPSA) is 8.17 Å². The van der Waals surface area contributed by atoms with Crippen LogP contribution in [0.5, 0.6) is 0 Å². The Balaban J connectivity index is 1.08. The van der Waals surface area contributed by atoms with E-state index in [0.29, 0.717) is 0 Å². The van der Waals surface area contributed by atoms with Crippen LogP contribution in [0.1, 0.15) is 0 Å². The Morgan fingerprint density at radius 3 is 1.55 bits per heavy atom. The molecule has 0 unspecified atom stereocenters. The average molecular weight is 765 g/mol. The summed E-state index contributed by atoms with van der Waals surface area (Å²) in [6, 6.07) is 87.9. The van der Waals surface area contributed by atoms with Crippen molar-refractivity contribution in [2.75, 3.05) is 4.90 Å². The van der Waals surface area contributed by atoms with Crippen molar-refractivity contribution in [3.8, 4) is 50.2 Å². The third-order valence-corrected chi connectivity index (χ3v) is 11.8. The van der Waals surface area contributed by atoms with Gasteiger partial charge < -0.3 is 9.47 Å². The van der Waals surface area contributed by atoms with Crippen molar-refractivity contribution in [2.24, 2.45) is 0 Å². The van der Waals surface area contributed by atoms with E-state index in [1.807, 2.05) is 0 Å². The number of benzene rings is 10. The molecule has 2 heteroatoms. The van der Waals surface area contributed by atoms with Gasteiger partial charge in [-0.15, -0.1) is 0 Å². The largest absolute Gasteiger partial charge is 0.310 e. The molecule has 282 valence electrons. The Morgan fingerprint density at radius 1 is 0.283 bits per heavy atom. The molecule has 0 spiro atoms. The molecule has 11 aromatic rings. The van der Waals surface area contributed by atoms with Crippen LogP contribution >= 0.6 is 0 Å². The number of hydrogen-bond donors (Lipinski definition) is 0. The normalized spacial score (nSPS) is 11.3. The first kappa shape index (κ1) is 35.2. The van der Waals surface area contributed by atoms with Crippen molar-refractivity contribution in [1.29, 1.82) is 0 Å². The molecule has 0 aliphatic rings. The Kier molecular flexibility index (Phi) is 8.87. The lowest BCUT2D eigenvalue weighted by molar-refractivity contribution is 1.18. The minimum Gasteiger partial charge on any atom is -0.310 e. The summed E-state index contributed by atoms with van der Waals surface area (Å²) in [5.41, 5.74) is 16.3. The van der Waals surface area contributed by atoms with E-state index in [1.54, 1.807) is 0 Å². The standard InChI is InChI=1S/C58H40N2/c1-4-17-42(18-5-1)51-24-12-13-25-52(51)44-30-33-49(34-31-44)60-56-27-15-14-26-53(56)54-36-35-50(40-58(54)60)59(48-22-8-3-9-23-48)57-37-32-47(39-55(57)43-19-6-2-7-20-43)46-29-28-41-16-10-11-21-45(41)38-46/h1-40H. The molecular formula is C58H40N2. The van der Waals surface area contributed by atoms with Crippen LogP contribution in [0, 0.1) is 0 Å². The lowest BCUT2D eigenvalue weighted by Crippen LogP contribution is -2.11. The highest BCUT2D eigenvalue weighted by atomic mass is 15.1. The number of aromatic nitrogens is 1. The van der Waals surface area contributed by atoms with Crippen LogP contribution in [-0.4, -0.2) is 4.57 Å². The Hall–Kier alpha value is -7.94. The van der Waals surface area contributed by atoms with E-state index >= 15 is 0 Å². The third kappa shape index (κ3) is 6.32. The summed E-state index contributed by atoms with van der Waals surface area (Å²) in [6.07, 6.45) is 0. The number of hydrogen-bond acceptors (Lipinski definition) is 1. The van der Waals surface area contributed by atoms with Crippen molar-refractivity contribution < 1.29 is 0 Å². The second-order valence-corrected chi connectivity index (χ2v) is 15.3. The number of rotatable bonds is 8. The highest BCUT2D eigenvalue weighted by Gasteiger charge is 2.21. The molecule has 0 atom stereocenters. The van der Waals surface area contributed by atoms with Gasteiger partial charge in [0, 0.05) is 33.4 Å². The minimum absolute atomic E-state index is 1.09. The molecule has 10 aromatic carbocycles. The molecule has 0 saturated carbocycles. The van der Waals surface area contributed by atoms with Crippen molar-refractivity contribution in [3.63, 3.8) is 0 Å². The fourth-order valence-corrected chi connectivity index (χ4v) is 8.90. The molecule has 1 heterocycles. The first-order valence-corrected chi connectivity index (χ1v) is 20.6. The zero-order valence-electron chi connectivity index (χ0n) is 33.0. The number of fused-ring (bicyclic) bond motifs is 4. The summed E-state index contributed by atoms with van der Waals surface area (Å²) in [4.78, 5) is 2.41. The van der Waals surface area contributed by atoms with E-state index in [-0.39, 0.29) is 0 Å². The zero-order chi connectivity index (χ0) is 39.8. The van der Waals surface area contributed by atoms with Crippen LogP contribution < -0.4 is 4.90 Å². The lowest BCUT2D eigenvalue weighted by Gasteiger charge is -2.28. The van der Waals surface area contributed by atoms with Gasteiger partial charge in [-0.3, -0.25) is 0 Å². The molecule has 0 amide bonds. The summed E-state index contributed by atoms with van der Waals surface area (Å²) in [6.45, 7) is 0. The van der Waals surface area contributed by atoms with Gasteiger partial charge in [-0.25, -0.2) is 0 Å². The van der Waals surface area contributed by atoms with Gasteiger partial charge in [-0.1, -0.05) is 182 Å². The SMILES string of the molecule is c1ccc(-c2ccccc2-c2ccc(-n3c4ccccc4c4ccc(N(c5ccccc5)c5ccc(-c6ccc7ccccc7c6)cc5-c5ccccc5)cc43)cc2)cc1. The Bertz CT molecular complexity index is 3290. The van der Waals surface area contributed by atoms with Crippen molar-refractivity contribution in [1.82, 2.24) is 4.57 Å². The fourth-order valence-electron chi connectivity index (χ4n) is 8.90. The molecule has 11 rings (SSSR count). The summed E-state index contributed by atoms with van der Waals surface area (Å²) < 4.78 is 2.42. The molecule has 0 aliphatic carbocycles. The highest BCUT2D eigenvalue weighted by Crippen LogP contribution is 2.45. The Labute approximate surface area is 350 Å². The average Bonchev–Trinajstić information content (AvgIpc) is 3.66. The van der Waals surface area contributed by atoms with Gasteiger partial charge in [0.15, 0.2) is 0 Å². The smallest absolute Gasteiger partial charge is 0.0561 e. The molecule has 0 N–H and O–H groups in total. The van der Waals surface area contributed by atoms with Gasteiger partial charge in [-0.2, -0.15) is 0 Å². The van der Waals surface area contributed by atoms with Crippen LogP contribution in [-0.2, 0) is 0 Å². The zero-order valence-corrected chi connectivity index (χ0v) is 33.0. The monoisotopic (exact) mass is 764 g/mol. The van der Waals surface area contributed by atoms with Crippen molar-refractivity contribution >= 4 is 49.6 Å². The summed E-state index contributed by atoms with van der Waals surface area (Å²) in [5.74, 6) is 0. The summed E-state index contributed by atoms with van der Waals surface area (Å²) >= 11 is 0. The molecule has 2 nitrogen and oxygen atoms in total. The molecule has 1 aromatic heterocycles. The molecular weight excluding hydrogens is 725 g/mol. The maximum Gasteiger partial charge on any atom is 0.0561 e. The van der Waals surface area contributed by atoms with Crippen LogP contribution in [0.15, 0.2) is 243 Å². The van der Waals surface area contributed by atoms with Crippen LogP contribution in [0.2, 0.25) is 0 Å². The third-order valence-electron chi connectivity index (χ3n) is 11.8. The maximum absolute atomic E-state index is 2.42. The number of nitrogens with zero attached hydrogens (tertiary/aromatic N) is 2. The van der Waals surface area contributed by atoms with Gasteiger partial charge in [0.05, 0.1) is 16.7 Å². The van der Waals surface area contributed by atoms with Gasteiger partial charge in [0.25, 0.3) is 0 Å². The van der Waals surface area contributed by atoms with E-state index in [9.17, 15) is 0 Å². The van der Waals surface area contributed by atoms with Gasteiger partial charge in [-0.05, 0) is 110 Å². The first-order chi connectivity index (χ1) is 29.8. The van der Waals surface area contributed by atoms with Gasteiger partial charge in [0.2, 0.25) is 0 Å².